The van der Waals surface area contributed by atoms with Crippen LogP contribution in [0.3, 0.4) is 0 Å². The number of unbranched alkanes of at least 4 members (excludes halogenated alkanes) is 2. The number of nitrogens with one attached hydrogen (secondary N) is 3. The summed E-state index contributed by atoms with van der Waals surface area (Å²) in [5.74, 6) is 0.469. The van der Waals surface area contributed by atoms with Gasteiger partial charge in [0.25, 0.3) is 5.91 Å². The highest BCUT2D eigenvalue weighted by Gasteiger charge is 2.29. The molecule has 1 aliphatic carbocycles. The Balaban J connectivity index is 1.08. The summed E-state index contributed by atoms with van der Waals surface area (Å²) in [5, 5.41) is 2.89. The van der Waals surface area contributed by atoms with Crippen molar-refractivity contribution in [1.29, 1.82) is 0 Å². The number of hydrazine groups is 1. The van der Waals surface area contributed by atoms with Crippen molar-refractivity contribution < 1.29 is 18.7 Å². The lowest BCUT2D eigenvalue weighted by molar-refractivity contribution is -0.132. The summed E-state index contributed by atoms with van der Waals surface area (Å²) in [7, 11) is 1.80. The molecule has 3 N–H and O–H groups in total. The molecule has 35 heavy (non-hydrogen) atoms. The number of hydrogen-bond donors (Lipinski definition) is 3. The number of nitrogens with zero attached hydrogens (tertiary/aromatic N) is 1. The Morgan fingerprint density at radius 1 is 1.09 bits per heavy atom. The zero-order valence-electron chi connectivity index (χ0n) is 20.3. The number of carbonyl (C=O) groups is 2. The first-order chi connectivity index (χ1) is 17.0. The lowest BCUT2D eigenvalue weighted by atomic mass is 9.99. The smallest absolute Gasteiger partial charge is 0.260 e. The number of amides is 2. The lowest BCUT2D eigenvalue weighted by Crippen LogP contribution is -2.32. The minimum Gasteiger partial charge on any atom is -0.484 e. The third-order valence-corrected chi connectivity index (χ3v) is 6.62. The van der Waals surface area contributed by atoms with Crippen molar-refractivity contribution >= 4 is 17.5 Å². The quantitative estimate of drug-likeness (QED) is 0.396. The van der Waals surface area contributed by atoms with E-state index in [9.17, 15) is 14.0 Å². The van der Waals surface area contributed by atoms with Crippen molar-refractivity contribution in [1.82, 2.24) is 15.8 Å². The topological polar surface area (TPSA) is 82.7 Å². The van der Waals surface area contributed by atoms with Crippen molar-refractivity contribution in [3.63, 3.8) is 0 Å². The highest BCUT2D eigenvalue weighted by atomic mass is 19.1. The third-order valence-electron chi connectivity index (χ3n) is 6.62. The van der Waals surface area contributed by atoms with Crippen LogP contribution >= 0.6 is 0 Å². The monoisotopic (exact) mass is 482 g/mol. The van der Waals surface area contributed by atoms with E-state index in [0.717, 1.165) is 50.5 Å². The fourth-order valence-electron chi connectivity index (χ4n) is 4.30. The first-order valence-electron chi connectivity index (χ1n) is 12.5. The zero-order chi connectivity index (χ0) is 24.6. The summed E-state index contributed by atoms with van der Waals surface area (Å²) in [5.41, 5.74) is 8.25. The van der Waals surface area contributed by atoms with Crippen molar-refractivity contribution in [2.75, 3.05) is 25.5 Å². The van der Waals surface area contributed by atoms with Gasteiger partial charge in [-0.3, -0.25) is 20.4 Å². The average molecular weight is 483 g/mol. The summed E-state index contributed by atoms with van der Waals surface area (Å²) < 4.78 is 19.1. The largest absolute Gasteiger partial charge is 0.484 e. The number of benzene rings is 2. The standard InChI is InChI=1S/C27H35FN4O3/c1-32(26(33)18-35-24-11-6-10-22(16-24)29-27(34)19-12-13-19)14-4-2-3-9-23-17-25(31-30-23)20-7-5-8-21(28)15-20/h5-8,10-11,15-16,19,23,25,30-31H,2-4,9,12-14,17-18H2,1H3,(H,29,34). The van der Waals surface area contributed by atoms with Crippen molar-refractivity contribution in [2.45, 2.75) is 57.0 Å². The fourth-order valence-corrected chi connectivity index (χ4v) is 4.30. The second kappa shape index (κ2) is 12.1. The van der Waals surface area contributed by atoms with E-state index in [1.165, 1.54) is 6.07 Å². The van der Waals surface area contributed by atoms with Gasteiger partial charge in [0.2, 0.25) is 5.91 Å². The number of ether oxygens (including phenoxy) is 1. The number of anilines is 1. The van der Waals surface area contributed by atoms with Gasteiger partial charge in [0.15, 0.2) is 6.61 Å². The van der Waals surface area contributed by atoms with Gasteiger partial charge in [-0.25, -0.2) is 4.39 Å². The molecule has 0 radical (unpaired) electrons. The van der Waals surface area contributed by atoms with Crippen LogP contribution in [0.4, 0.5) is 10.1 Å². The molecule has 2 amide bonds. The van der Waals surface area contributed by atoms with Crippen molar-refractivity contribution in [2.24, 2.45) is 5.92 Å². The van der Waals surface area contributed by atoms with Crippen LogP contribution in [0.15, 0.2) is 48.5 Å². The second-order valence-corrected chi connectivity index (χ2v) is 9.57. The Morgan fingerprint density at radius 2 is 1.91 bits per heavy atom. The highest BCUT2D eigenvalue weighted by molar-refractivity contribution is 5.94. The van der Waals surface area contributed by atoms with Crippen LogP contribution in [0.2, 0.25) is 0 Å². The summed E-state index contributed by atoms with van der Waals surface area (Å²) in [6, 6.07) is 14.4. The number of rotatable bonds is 12. The minimum absolute atomic E-state index is 0.0321. The maximum Gasteiger partial charge on any atom is 0.260 e. The predicted octanol–water partition coefficient (Wildman–Crippen LogP) is 4.18. The van der Waals surface area contributed by atoms with E-state index >= 15 is 0 Å². The molecule has 0 bridgehead atoms. The molecule has 1 heterocycles. The molecular weight excluding hydrogens is 447 g/mol. The van der Waals surface area contributed by atoms with Gasteiger partial charge in [-0.1, -0.05) is 31.0 Å². The Labute approximate surface area is 206 Å². The fraction of sp³-hybridized carbons (Fsp3) is 0.481. The van der Waals surface area contributed by atoms with E-state index < -0.39 is 0 Å². The van der Waals surface area contributed by atoms with Gasteiger partial charge in [0.05, 0.1) is 0 Å². The molecule has 0 spiro atoms. The van der Waals surface area contributed by atoms with Crippen LogP contribution in [0, 0.1) is 11.7 Å². The van der Waals surface area contributed by atoms with Gasteiger partial charge in [-0.15, -0.1) is 0 Å². The normalized spacial score (nSPS) is 19.4. The van der Waals surface area contributed by atoms with Crippen molar-refractivity contribution in [3.8, 4) is 5.75 Å². The maximum atomic E-state index is 13.4. The summed E-state index contributed by atoms with van der Waals surface area (Å²) in [4.78, 5) is 26.0. The van der Waals surface area contributed by atoms with Gasteiger partial charge in [0.1, 0.15) is 11.6 Å². The Kier molecular flexibility index (Phi) is 8.71. The molecule has 188 valence electrons. The molecule has 2 atom stereocenters. The van der Waals surface area contributed by atoms with Gasteiger partial charge >= 0.3 is 0 Å². The molecule has 0 aromatic heterocycles. The van der Waals surface area contributed by atoms with Crippen molar-refractivity contribution in [3.05, 3.63) is 59.9 Å². The number of halogens is 1. The first kappa shape index (κ1) is 25.1. The van der Waals surface area contributed by atoms with E-state index in [2.05, 4.69) is 16.2 Å². The molecule has 1 aliphatic heterocycles. The van der Waals surface area contributed by atoms with Gasteiger partial charge in [-0.2, -0.15) is 0 Å². The van der Waals surface area contributed by atoms with Crippen LogP contribution in [-0.4, -0.2) is 43.0 Å². The molecule has 7 nitrogen and oxygen atoms in total. The van der Waals surface area contributed by atoms with E-state index in [1.54, 1.807) is 42.3 Å². The third kappa shape index (κ3) is 7.77. The molecule has 2 unspecified atom stereocenters. The van der Waals surface area contributed by atoms with E-state index in [1.807, 2.05) is 12.1 Å². The van der Waals surface area contributed by atoms with Gasteiger partial charge in [0, 0.05) is 43.3 Å². The van der Waals surface area contributed by atoms with Crippen LogP contribution in [-0.2, 0) is 9.59 Å². The van der Waals surface area contributed by atoms with Gasteiger partial charge in [-0.05, 0) is 61.9 Å². The maximum absolute atomic E-state index is 13.4. The van der Waals surface area contributed by atoms with Gasteiger partial charge < -0.3 is 15.0 Å². The molecule has 1 saturated carbocycles. The molecule has 4 rings (SSSR count). The molecule has 2 aliphatic rings. The van der Waals surface area contributed by atoms with E-state index in [-0.39, 0.29) is 36.2 Å². The molecule has 8 heteroatoms. The number of hydrogen-bond acceptors (Lipinski definition) is 5. The molecule has 2 fully saturated rings. The Bertz CT molecular complexity index is 1010. The average Bonchev–Trinajstić information content (AvgIpc) is 3.61. The summed E-state index contributed by atoms with van der Waals surface area (Å²) >= 11 is 0. The lowest BCUT2D eigenvalue weighted by Gasteiger charge is -2.18. The summed E-state index contributed by atoms with van der Waals surface area (Å²) in [6.07, 6.45) is 6.90. The Hall–Kier alpha value is -2.97. The predicted molar refractivity (Wildman–Crippen MR) is 133 cm³/mol. The molecule has 2 aromatic carbocycles. The van der Waals surface area contributed by atoms with E-state index in [4.69, 9.17) is 4.74 Å². The first-order valence-corrected chi connectivity index (χ1v) is 12.5. The minimum atomic E-state index is -0.206. The number of likely N-dealkylation sites (N-methyl/N-ethyl adjacent to an activating group) is 1. The van der Waals surface area contributed by atoms with Crippen LogP contribution in [0.1, 0.15) is 56.6 Å². The van der Waals surface area contributed by atoms with Crippen LogP contribution in [0.5, 0.6) is 5.75 Å². The second-order valence-electron chi connectivity index (χ2n) is 9.57. The molecule has 2 aromatic rings. The SMILES string of the molecule is CN(CCCCCC1CC(c2cccc(F)c2)NN1)C(=O)COc1cccc(NC(=O)C2CC2)c1. The zero-order valence-corrected chi connectivity index (χ0v) is 20.3. The molecule has 1 saturated heterocycles. The Morgan fingerprint density at radius 3 is 2.71 bits per heavy atom. The highest BCUT2D eigenvalue weighted by Crippen LogP contribution is 2.30. The molecular formula is C27H35FN4O3. The summed E-state index contributed by atoms with van der Waals surface area (Å²) in [6.45, 7) is 0.650. The van der Waals surface area contributed by atoms with E-state index in [0.29, 0.717) is 24.0 Å². The van der Waals surface area contributed by atoms with Crippen LogP contribution < -0.4 is 20.9 Å². The number of carbonyl (C=O) groups excluding carboxylic acids is 2. The van der Waals surface area contributed by atoms with Crippen LogP contribution in [0.25, 0.3) is 0 Å².